The molecule has 152 valence electrons. The van der Waals surface area contributed by atoms with Crippen molar-refractivity contribution in [2.45, 2.75) is 25.9 Å². The van der Waals surface area contributed by atoms with E-state index in [0.717, 1.165) is 17.7 Å². The summed E-state index contributed by atoms with van der Waals surface area (Å²) in [6.07, 6.45) is -1.86. The van der Waals surface area contributed by atoms with Crippen LogP contribution >= 0.6 is 11.6 Å². The summed E-state index contributed by atoms with van der Waals surface area (Å²) >= 11 is 6.18. The van der Waals surface area contributed by atoms with E-state index in [2.05, 4.69) is 4.98 Å². The van der Waals surface area contributed by atoms with Crippen LogP contribution in [0.15, 0.2) is 54.7 Å². The van der Waals surface area contributed by atoms with Crippen LogP contribution in [0.1, 0.15) is 34.1 Å². The van der Waals surface area contributed by atoms with E-state index in [4.69, 9.17) is 16.3 Å². The summed E-state index contributed by atoms with van der Waals surface area (Å²) in [5.74, 6) is -0.597. The number of halogens is 4. The molecule has 0 spiro atoms. The maximum atomic E-state index is 13.2. The number of esters is 1. The number of H-pyrrole nitrogens is 1. The summed E-state index contributed by atoms with van der Waals surface area (Å²) < 4.78 is 44.7. The molecule has 1 heterocycles. The summed E-state index contributed by atoms with van der Waals surface area (Å²) in [6, 6.07) is 12.7. The first-order valence-corrected chi connectivity index (χ1v) is 9.47. The number of carbonyl (C=O) groups excluding carboxylic acids is 1. The molecule has 1 N–H and O–H groups in total. The van der Waals surface area contributed by atoms with Crippen LogP contribution < -0.4 is 0 Å². The zero-order valence-electron chi connectivity index (χ0n) is 15.6. The number of hydrogen-bond donors (Lipinski definition) is 1. The molecule has 0 saturated heterocycles. The Bertz CT molecular complexity index is 997. The van der Waals surface area contributed by atoms with E-state index in [9.17, 15) is 18.0 Å². The van der Waals surface area contributed by atoms with Gasteiger partial charge in [0.2, 0.25) is 0 Å². The van der Waals surface area contributed by atoms with Crippen LogP contribution in [0.2, 0.25) is 5.02 Å². The number of alkyl halides is 3. The molecule has 0 aliphatic rings. The van der Waals surface area contributed by atoms with Crippen molar-refractivity contribution >= 4 is 17.6 Å². The molecule has 0 atom stereocenters. The molecule has 0 radical (unpaired) electrons. The predicted molar refractivity (Wildman–Crippen MR) is 106 cm³/mol. The van der Waals surface area contributed by atoms with Crippen LogP contribution in [0.25, 0.3) is 11.1 Å². The van der Waals surface area contributed by atoms with Crippen LogP contribution in [-0.4, -0.2) is 17.6 Å². The van der Waals surface area contributed by atoms with Gasteiger partial charge in [0.1, 0.15) is 0 Å². The number of rotatable bonds is 6. The minimum Gasteiger partial charge on any atom is -0.462 e. The summed E-state index contributed by atoms with van der Waals surface area (Å²) in [5, 5.41) is 0.122. The number of carbonyl (C=O) groups is 1. The van der Waals surface area contributed by atoms with E-state index in [-0.39, 0.29) is 22.8 Å². The Hall–Kier alpha value is -2.73. The molecule has 0 amide bonds. The topological polar surface area (TPSA) is 42.1 Å². The Morgan fingerprint density at radius 2 is 1.79 bits per heavy atom. The fraction of sp³-hybridized carbons (Fsp3) is 0.227. The van der Waals surface area contributed by atoms with Crippen LogP contribution in [-0.2, 0) is 23.8 Å². The minimum absolute atomic E-state index is 0.122. The summed E-state index contributed by atoms with van der Waals surface area (Å²) in [6.45, 7) is 1.82. The number of nitrogens with one attached hydrogen (secondary N) is 1. The second-order valence-electron chi connectivity index (χ2n) is 6.45. The van der Waals surface area contributed by atoms with Gasteiger partial charge >= 0.3 is 12.1 Å². The first kappa shape index (κ1) is 21.0. The number of aromatic nitrogens is 1. The normalized spacial score (nSPS) is 11.5. The number of benzene rings is 2. The fourth-order valence-corrected chi connectivity index (χ4v) is 3.35. The van der Waals surface area contributed by atoms with Gasteiger partial charge in [-0.1, -0.05) is 41.9 Å². The molecule has 3 nitrogen and oxygen atoms in total. The van der Waals surface area contributed by atoms with Crippen molar-refractivity contribution in [1.82, 2.24) is 4.98 Å². The summed E-state index contributed by atoms with van der Waals surface area (Å²) in [7, 11) is 0. The Kier molecular flexibility index (Phi) is 6.33. The van der Waals surface area contributed by atoms with E-state index in [1.54, 1.807) is 6.92 Å². The highest BCUT2D eigenvalue weighted by Crippen LogP contribution is 2.38. The van der Waals surface area contributed by atoms with Crippen LogP contribution in [0, 0.1) is 0 Å². The van der Waals surface area contributed by atoms with E-state index in [1.807, 2.05) is 30.3 Å². The number of aryl methyl sites for hydroxylation is 2. The third-order valence-electron chi connectivity index (χ3n) is 4.53. The second-order valence-corrected chi connectivity index (χ2v) is 6.86. The van der Waals surface area contributed by atoms with Gasteiger partial charge in [-0.25, -0.2) is 4.79 Å². The fourth-order valence-electron chi connectivity index (χ4n) is 3.13. The van der Waals surface area contributed by atoms with Crippen molar-refractivity contribution in [2.24, 2.45) is 0 Å². The van der Waals surface area contributed by atoms with Gasteiger partial charge in [-0.05, 0) is 43.5 Å². The molecule has 7 heteroatoms. The maximum absolute atomic E-state index is 13.2. The quantitative estimate of drug-likeness (QED) is 0.473. The van der Waals surface area contributed by atoms with E-state index in [0.29, 0.717) is 24.1 Å². The average Bonchev–Trinajstić information content (AvgIpc) is 3.10. The molecule has 3 rings (SSSR count). The zero-order chi connectivity index (χ0) is 21.0. The van der Waals surface area contributed by atoms with Crippen molar-refractivity contribution < 1.29 is 22.7 Å². The molecule has 0 aliphatic carbocycles. The van der Waals surface area contributed by atoms with Gasteiger partial charge in [0.05, 0.1) is 17.7 Å². The standard InChI is InChI=1S/C22H19ClF3NO2/c1-2-29-21(28)20-17(16-12-15(22(24,25)26)9-10-18(16)23)13-27-19(20)11-8-14-6-4-3-5-7-14/h3-7,9-10,12-13,27H,2,8,11H2,1H3. The monoisotopic (exact) mass is 421 g/mol. The van der Waals surface area contributed by atoms with Crippen molar-refractivity contribution in [3.05, 3.63) is 82.1 Å². The van der Waals surface area contributed by atoms with Gasteiger partial charge in [-0.2, -0.15) is 13.2 Å². The molecule has 0 aliphatic heterocycles. The molecule has 3 aromatic rings. The maximum Gasteiger partial charge on any atom is 0.416 e. The van der Waals surface area contributed by atoms with Crippen molar-refractivity contribution in [3.8, 4) is 11.1 Å². The average molecular weight is 422 g/mol. The molecule has 2 aromatic carbocycles. The Balaban J connectivity index is 2.03. The van der Waals surface area contributed by atoms with E-state index >= 15 is 0 Å². The highest BCUT2D eigenvalue weighted by atomic mass is 35.5. The molecule has 29 heavy (non-hydrogen) atoms. The number of aromatic amines is 1. The second kappa shape index (κ2) is 8.74. The summed E-state index contributed by atoms with van der Waals surface area (Å²) in [5.41, 5.74) is 1.48. The largest absolute Gasteiger partial charge is 0.462 e. The minimum atomic E-state index is -4.52. The SMILES string of the molecule is CCOC(=O)c1c(-c2cc(C(F)(F)F)ccc2Cl)c[nH]c1CCc1ccccc1. The van der Waals surface area contributed by atoms with Gasteiger partial charge in [0, 0.05) is 28.0 Å². The zero-order valence-corrected chi connectivity index (χ0v) is 16.4. The van der Waals surface area contributed by atoms with Crippen molar-refractivity contribution in [1.29, 1.82) is 0 Å². The van der Waals surface area contributed by atoms with E-state index < -0.39 is 17.7 Å². The number of ether oxygens (including phenoxy) is 1. The highest BCUT2D eigenvalue weighted by Gasteiger charge is 2.32. The summed E-state index contributed by atoms with van der Waals surface area (Å²) in [4.78, 5) is 15.6. The lowest BCUT2D eigenvalue weighted by Gasteiger charge is -2.12. The van der Waals surface area contributed by atoms with Crippen molar-refractivity contribution in [2.75, 3.05) is 6.61 Å². The molecule has 0 saturated carbocycles. The van der Waals surface area contributed by atoms with Crippen molar-refractivity contribution in [3.63, 3.8) is 0 Å². The lowest BCUT2D eigenvalue weighted by molar-refractivity contribution is -0.137. The molecular weight excluding hydrogens is 403 g/mol. The first-order chi connectivity index (χ1) is 13.8. The first-order valence-electron chi connectivity index (χ1n) is 9.09. The van der Waals surface area contributed by atoms with Gasteiger partial charge in [-0.15, -0.1) is 0 Å². The Morgan fingerprint density at radius 3 is 2.45 bits per heavy atom. The lowest BCUT2D eigenvalue weighted by Crippen LogP contribution is -2.09. The molecular formula is C22H19ClF3NO2. The smallest absolute Gasteiger partial charge is 0.416 e. The van der Waals surface area contributed by atoms with Gasteiger partial charge in [0.15, 0.2) is 0 Å². The number of hydrogen-bond acceptors (Lipinski definition) is 2. The lowest BCUT2D eigenvalue weighted by atomic mass is 9.98. The van der Waals surface area contributed by atoms with Gasteiger partial charge < -0.3 is 9.72 Å². The van der Waals surface area contributed by atoms with Crippen LogP contribution in [0.5, 0.6) is 0 Å². The Morgan fingerprint density at radius 1 is 1.07 bits per heavy atom. The van der Waals surface area contributed by atoms with Gasteiger partial charge in [-0.3, -0.25) is 0 Å². The molecule has 0 bridgehead atoms. The molecule has 0 unspecified atom stereocenters. The van der Waals surface area contributed by atoms with Crippen LogP contribution in [0.4, 0.5) is 13.2 Å². The highest BCUT2D eigenvalue weighted by molar-refractivity contribution is 6.33. The molecule has 1 aromatic heterocycles. The third kappa shape index (κ3) is 4.82. The van der Waals surface area contributed by atoms with Crippen LogP contribution in [0.3, 0.4) is 0 Å². The Labute approximate surface area is 171 Å². The third-order valence-corrected chi connectivity index (χ3v) is 4.86. The van der Waals surface area contributed by atoms with Gasteiger partial charge in [0.25, 0.3) is 0 Å². The van der Waals surface area contributed by atoms with E-state index in [1.165, 1.54) is 12.3 Å². The predicted octanol–water partition coefficient (Wildman–Crippen LogP) is 6.32. The molecule has 0 fully saturated rings.